The fraction of sp³-hybridized carbons (Fsp3) is 0.700. The monoisotopic (exact) mass is 208 g/mol. The molecule has 5 heteroatoms. The van der Waals surface area contributed by atoms with Gasteiger partial charge in [0.15, 0.2) is 6.29 Å². The lowest BCUT2D eigenvalue weighted by Gasteiger charge is -2.30. The Hall–Kier alpha value is -1.23. The molecule has 1 aliphatic rings. The lowest BCUT2D eigenvalue weighted by Crippen LogP contribution is -2.34. The Kier molecular flexibility index (Phi) is 3.11. The first-order chi connectivity index (χ1) is 7.33. The molecular formula is C10H16N4O. The molecular weight excluding hydrogens is 192 g/mol. The number of aromatic nitrogens is 3. The molecule has 0 unspecified atom stereocenters. The maximum atomic E-state index is 10.5. The van der Waals surface area contributed by atoms with E-state index in [4.69, 9.17) is 0 Å². The average Bonchev–Trinajstić information content (AvgIpc) is 2.78. The minimum Gasteiger partial charge on any atom is -0.303 e. The number of carbonyl (C=O) groups excluding carboxylic acids is 1. The minimum atomic E-state index is 0.411. The Balaban J connectivity index is 1.97. The van der Waals surface area contributed by atoms with Crippen LogP contribution in [0.1, 0.15) is 36.3 Å². The lowest BCUT2D eigenvalue weighted by molar-refractivity contribution is 0.111. The Bertz CT molecular complexity index is 328. The molecule has 2 rings (SSSR count). The zero-order valence-corrected chi connectivity index (χ0v) is 8.96. The first-order valence-corrected chi connectivity index (χ1v) is 5.43. The highest BCUT2D eigenvalue weighted by atomic mass is 16.1. The molecule has 1 aromatic rings. The van der Waals surface area contributed by atoms with Gasteiger partial charge in [0.2, 0.25) is 0 Å². The summed E-state index contributed by atoms with van der Waals surface area (Å²) in [5.41, 5.74) is 0.424. The van der Waals surface area contributed by atoms with Crippen LogP contribution in [0, 0.1) is 0 Å². The maximum absolute atomic E-state index is 10.5. The van der Waals surface area contributed by atoms with Crippen LogP contribution in [0.5, 0.6) is 0 Å². The summed E-state index contributed by atoms with van der Waals surface area (Å²) in [6, 6.07) is 0.411. The Morgan fingerprint density at radius 2 is 2.27 bits per heavy atom. The first kappa shape index (κ1) is 10.3. The van der Waals surface area contributed by atoms with E-state index in [2.05, 4.69) is 22.1 Å². The van der Waals surface area contributed by atoms with Crippen LogP contribution in [0.4, 0.5) is 0 Å². The van der Waals surface area contributed by atoms with Gasteiger partial charge >= 0.3 is 0 Å². The van der Waals surface area contributed by atoms with Crippen LogP contribution in [0.3, 0.4) is 0 Å². The van der Waals surface area contributed by atoms with Crippen molar-refractivity contribution in [1.29, 1.82) is 0 Å². The molecule has 0 aliphatic carbocycles. The third kappa shape index (κ3) is 2.23. The molecule has 82 valence electrons. The van der Waals surface area contributed by atoms with Crippen LogP contribution in [0.25, 0.3) is 0 Å². The Morgan fingerprint density at radius 3 is 2.80 bits per heavy atom. The number of likely N-dealkylation sites (tertiary alicyclic amines) is 1. The molecule has 15 heavy (non-hydrogen) atoms. The summed E-state index contributed by atoms with van der Waals surface area (Å²) in [6.07, 6.45) is 4.66. The van der Waals surface area contributed by atoms with Gasteiger partial charge in [-0.05, 0) is 19.4 Å². The number of piperidine rings is 1. The normalized spacial score (nSPS) is 19.3. The molecule has 0 saturated carbocycles. The molecule has 0 radical (unpaired) electrons. The smallest absolute Gasteiger partial charge is 0.171 e. The second-order valence-corrected chi connectivity index (χ2v) is 3.91. The summed E-state index contributed by atoms with van der Waals surface area (Å²) in [7, 11) is 0. The fourth-order valence-electron chi connectivity index (χ4n) is 2.02. The number of carbonyl (C=O) groups is 1. The van der Waals surface area contributed by atoms with Crippen molar-refractivity contribution in [1.82, 2.24) is 19.9 Å². The van der Waals surface area contributed by atoms with Gasteiger partial charge in [0.25, 0.3) is 0 Å². The van der Waals surface area contributed by atoms with Gasteiger partial charge in [0, 0.05) is 13.1 Å². The highest BCUT2D eigenvalue weighted by Crippen LogP contribution is 2.20. The quantitative estimate of drug-likeness (QED) is 0.688. The van der Waals surface area contributed by atoms with E-state index in [-0.39, 0.29) is 0 Å². The standard InChI is InChI=1S/C10H16N4O/c1-2-13-5-3-10(4-6-13)14-7-9(8-15)11-12-14/h7-8,10H,2-6H2,1H3. The number of hydrogen-bond donors (Lipinski definition) is 0. The van der Waals surface area contributed by atoms with Gasteiger partial charge in [-0.2, -0.15) is 0 Å². The van der Waals surface area contributed by atoms with E-state index in [1.165, 1.54) is 0 Å². The number of aldehydes is 1. The van der Waals surface area contributed by atoms with Gasteiger partial charge in [0.1, 0.15) is 5.69 Å². The number of rotatable bonds is 3. The average molecular weight is 208 g/mol. The van der Waals surface area contributed by atoms with Crippen LogP contribution in [-0.2, 0) is 0 Å². The summed E-state index contributed by atoms with van der Waals surface area (Å²) >= 11 is 0. The van der Waals surface area contributed by atoms with E-state index in [0.717, 1.165) is 38.8 Å². The van der Waals surface area contributed by atoms with Crippen molar-refractivity contribution in [3.8, 4) is 0 Å². The summed E-state index contributed by atoms with van der Waals surface area (Å²) in [6.45, 7) is 5.51. The second-order valence-electron chi connectivity index (χ2n) is 3.91. The van der Waals surface area contributed by atoms with Crippen LogP contribution in [0.2, 0.25) is 0 Å². The van der Waals surface area contributed by atoms with Crippen LogP contribution >= 0.6 is 0 Å². The van der Waals surface area contributed by atoms with Crippen molar-refractivity contribution in [2.75, 3.05) is 19.6 Å². The van der Waals surface area contributed by atoms with Crippen LogP contribution < -0.4 is 0 Å². The van der Waals surface area contributed by atoms with E-state index in [1.54, 1.807) is 6.20 Å². The summed E-state index contributed by atoms with van der Waals surface area (Å²) in [5, 5.41) is 7.76. The summed E-state index contributed by atoms with van der Waals surface area (Å²) in [4.78, 5) is 12.9. The lowest BCUT2D eigenvalue weighted by atomic mass is 10.1. The second kappa shape index (κ2) is 4.53. The molecule has 1 fully saturated rings. The predicted molar refractivity (Wildman–Crippen MR) is 55.8 cm³/mol. The van der Waals surface area contributed by atoms with E-state index in [1.807, 2.05) is 4.68 Å². The van der Waals surface area contributed by atoms with E-state index >= 15 is 0 Å². The van der Waals surface area contributed by atoms with Crippen molar-refractivity contribution in [3.63, 3.8) is 0 Å². The van der Waals surface area contributed by atoms with Crippen molar-refractivity contribution in [3.05, 3.63) is 11.9 Å². The van der Waals surface area contributed by atoms with Gasteiger partial charge in [-0.1, -0.05) is 12.1 Å². The van der Waals surface area contributed by atoms with Crippen molar-refractivity contribution < 1.29 is 4.79 Å². The largest absolute Gasteiger partial charge is 0.303 e. The molecule has 0 bridgehead atoms. The van der Waals surface area contributed by atoms with Crippen molar-refractivity contribution >= 4 is 6.29 Å². The first-order valence-electron chi connectivity index (χ1n) is 5.43. The molecule has 1 saturated heterocycles. The van der Waals surface area contributed by atoms with Crippen molar-refractivity contribution in [2.45, 2.75) is 25.8 Å². The number of hydrogen-bond acceptors (Lipinski definition) is 4. The molecule has 0 N–H and O–H groups in total. The SMILES string of the molecule is CCN1CCC(n2cc(C=O)nn2)CC1. The Labute approximate surface area is 89.1 Å². The molecule has 0 aromatic carbocycles. The summed E-state index contributed by atoms with van der Waals surface area (Å²) < 4.78 is 1.83. The predicted octanol–water partition coefficient (Wildman–Crippen LogP) is 0.747. The highest BCUT2D eigenvalue weighted by molar-refractivity contribution is 5.70. The van der Waals surface area contributed by atoms with Gasteiger partial charge in [-0.3, -0.25) is 4.79 Å². The van der Waals surface area contributed by atoms with Gasteiger partial charge in [0.05, 0.1) is 12.2 Å². The van der Waals surface area contributed by atoms with Crippen LogP contribution in [-0.4, -0.2) is 45.8 Å². The van der Waals surface area contributed by atoms with Gasteiger partial charge < -0.3 is 4.90 Å². The zero-order valence-electron chi connectivity index (χ0n) is 8.96. The van der Waals surface area contributed by atoms with E-state index < -0.39 is 0 Å². The molecule has 5 nitrogen and oxygen atoms in total. The van der Waals surface area contributed by atoms with Crippen molar-refractivity contribution in [2.24, 2.45) is 0 Å². The molecule has 1 aromatic heterocycles. The molecule has 0 atom stereocenters. The number of nitrogens with zero attached hydrogens (tertiary/aromatic N) is 4. The van der Waals surface area contributed by atoms with E-state index in [9.17, 15) is 4.79 Å². The van der Waals surface area contributed by atoms with Crippen LogP contribution in [0.15, 0.2) is 6.20 Å². The molecule has 2 heterocycles. The van der Waals surface area contributed by atoms with Gasteiger partial charge in [-0.25, -0.2) is 4.68 Å². The third-order valence-corrected chi connectivity index (χ3v) is 3.03. The molecule has 1 aliphatic heterocycles. The molecule has 0 amide bonds. The summed E-state index contributed by atoms with van der Waals surface area (Å²) in [5.74, 6) is 0. The fourth-order valence-corrected chi connectivity index (χ4v) is 2.02. The van der Waals surface area contributed by atoms with E-state index in [0.29, 0.717) is 11.7 Å². The molecule has 0 spiro atoms. The zero-order chi connectivity index (χ0) is 10.7. The maximum Gasteiger partial charge on any atom is 0.171 e. The Morgan fingerprint density at radius 1 is 1.53 bits per heavy atom. The topological polar surface area (TPSA) is 51.0 Å². The third-order valence-electron chi connectivity index (χ3n) is 3.03. The minimum absolute atomic E-state index is 0.411. The highest BCUT2D eigenvalue weighted by Gasteiger charge is 2.20. The van der Waals surface area contributed by atoms with Gasteiger partial charge in [-0.15, -0.1) is 5.10 Å².